The maximum absolute atomic E-state index is 12.9. The fourth-order valence-corrected chi connectivity index (χ4v) is 7.62. The van der Waals surface area contributed by atoms with E-state index in [-0.39, 0.29) is 60.4 Å². The van der Waals surface area contributed by atoms with Crippen LogP contribution < -0.4 is 11.4 Å². The van der Waals surface area contributed by atoms with Gasteiger partial charge >= 0.3 is 25.5 Å². The fourth-order valence-electron chi connectivity index (χ4n) is 6.85. The standard InChI is InChI=1S/C49H80N3O11P.Na/c1-4-6-8-10-12-14-16-18-20-22-24-26-28-30-32-34-45(53)59-38-42(62-46(54)35-33-31-29-27-25-23-21-19-17-15-13-11-9-7-5-2)39-60-64(57,58)61-40-43-47(55)41(3)48(63-43)52-37-36-44(50)51-49(52)56;/h12-15,18-21,36-37,42-43,47-48,55H,3-11,16-17,22-35,38-40H2,1-2H3,(H,57,58)(H2,50,51,56);/b14-12-,15-13-,20-18-,21-19-;/t42-,43-,47+,48-;/m1./s1. The first-order valence-corrected chi connectivity index (χ1v) is 25.4. The smallest absolute Gasteiger partial charge is 0.462 e. The number of nitrogens with zero attached hydrogens (tertiary/aromatic N) is 2. The molecule has 16 heteroatoms. The maximum Gasteiger partial charge on any atom is 0.472 e. The Morgan fingerprint density at radius 3 is 1.80 bits per heavy atom. The third-order valence-corrected chi connectivity index (χ3v) is 11.6. The van der Waals surface area contributed by atoms with E-state index in [0.717, 1.165) is 94.5 Å². The van der Waals surface area contributed by atoms with Gasteiger partial charge in [0, 0.05) is 54.2 Å². The average molecular weight is 941 g/mol. The van der Waals surface area contributed by atoms with Crippen LogP contribution in [0.4, 0.5) is 5.82 Å². The number of hydrogen-bond donors (Lipinski definition) is 3. The molecule has 2 rings (SSSR count). The predicted molar refractivity (Wildman–Crippen MR) is 259 cm³/mol. The number of phosphoric acid groups is 1. The molecule has 0 aliphatic carbocycles. The van der Waals surface area contributed by atoms with Crippen molar-refractivity contribution in [2.75, 3.05) is 25.6 Å². The number of ether oxygens (including phenoxy) is 3. The molecule has 14 nitrogen and oxygen atoms in total. The Morgan fingerprint density at radius 2 is 1.28 bits per heavy atom. The van der Waals surface area contributed by atoms with Gasteiger partial charge in [0.2, 0.25) is 0 Å². The average Bonchev–Trinajstić information content (AvgIpc) is 3.55. The van der Waals surface area contributed by atoms with Gasteiger partial charge in [-0.25, -0.2) is 9.36 Å². The molecular weight excluding hydrogens is 861 g/mol. The molecule has 0 amide bonds. The Balaban J connectivity index is 0.0000211. The summed E-state index contributed by atoms with van der Waals surface area (Å²) < 4.78 is 41.0. The van der Waals surface area contributed by atoms with Crippen molar-refractivity contribution in [3.8, 4) is 0 Å². The van der Waals surface area contributed by atoms with Crippen molar-refractivity contribution in [2.45, 2.75) is 192 Å². The number of aliphatic hydroxyl groups excluding tert-OH is 1. The fraction of sp³-hybridized carbons (Fsp3) is 0.673. The zero-order chi connectivity index (χ0) is 46.7. The van der Waals surface area contributed by atoms with Crippen molar-refractivity contribution in [3.05, 3.63) is 83.5 Å². The van der Waals surface area contributed by atoms with Gasteiger partial charge < -0.3 is 29.9 Å². The van der Waals surface area contributed by atoms with Crippen molar-refractivity contribution in [1.82, 2.24) is 9.55 Å². The van der Waals surface area contributed by atoms with E-state index in [1.54, 1.807) is 0 Å². The van der Waals surface area contributed by atoms with Crippen LogP contribution in [0.15, 0.2) is 77.8 Å². The van der Waals surface area contributed by atoms with E-state index < -0.39 is 63.2 Å². The molecule has 1 radical (unpaired) electrons. The van der Waals surface area contributed by atoms with Crippen LogP contribution in [-0.4, -0.2) is 99.2 Å². The molecule has 1 saturated heterocycles. The molecule has 0 aromatic carbocycles. The van der Waals surface area contributed by atoms with Crippen molar-refractivity contribution in [2.24, 2.45) is 0 Å². The van der Waals surface area contributed by atoms with E-state index in [1.807, 2.05) is 0 Å². The number of nitrogen functional groups attached to an aromatic ring is 1. The first-order valence-electron chi connectivity index (χ1n) is 23.9. The summed E-state index contributed by atoms with van der Waals surface area (Å²) in [4.78, 5) is 52.0. The Bertz CT molecular complexity index is 1680. The topological polar surface area (TPSA) is 199 Å². The number of nitrogens with two attached hydrogens (primary N) is 1. The van der Waals surface area contributed by atoms with E-state index in [2.05, 4.69) is 74.0 Å². The number of esters is 2. The van der Waals surface area contributed by atoms with Gasteiger partial charge in [-0.2, -0.15) is 4.98 Å². The number of allylic oxidation sites excluding steroid dienone is 8. The van der Waals surface area contributed by atoms with E-state index >= 15 is 0 Å². The van der Waals surface area contributed by atoms with Crippen LogP contribution in [0.25, 0.3) is 0 Å². The summed E-state index contributed by atoms with van der Waals surface area (Å²) in [5, 5.41) is 10.7. The normalized spacial score (nSPS) is 17.9. The molecule has 363 valence electrons. The predicted octanol–water partition coefficient (Wildman–Crippen LogP) is 10.5. The zero-order valence-electron chi connectivity index (χ0n) is 39.9. The molecule has 1 aliphatic heterocycles. The molecule has 1 aromatic rings. The summed E-state index contributed by atoms with van der Waals surface area (Å²) in [7, 11) is -4.81. The minimum atomic E-state index is -4.81. The second kappa shape index (κ2) is 38.3. The molecule has 65 heavy (non-hydrogen) atoms. The summed E-state index contributed by atoms with van der Waals surface area (Å²) in [5.41, 5.74) is 4.93. The Hall–Kier alpha value is -2.65. The molecule has 5 atom stereocenters. The third kappa shape index (κ3) is 29.7. The largest absolute Gasteiger partial charge is 0.472 e. The SMILES string of the molecule is C=C1[C@H](n2ccc(N)nc2=O)O[C@H](COP(=O)(O)OC[C@@H](COC(=O)CCCCCCC/C=C\C/C=C\CCCCC)OC(=O)CCCCCCC/C=C\C/C=C\CCCCC)[C@H]1O.[Na]. The number of aromatic nitrogens is 2. The summed E-state index contributed by atoms with van der Waals surface area (Å²) in [6, 6.07) is 1.37. The first kappa shape index (κ1) is 60.4. The summed E-state index contributed by atoms with van der Waals surface area (Å²) in [5.74, 6) is -1.01. The van der Waals surface area contributed by atoms with Gasteiger partial charge in [-0.15, -0.1) is 0 Å². The van der Waals surface area contributed by atoms with Crippen LogP contribution in [0.5, 0.6) is 0 Å². The van der Waals surface area contributed by atoms with Crippen LogP contribution in [0.3, 0.4) is 0 Å². The first-order chi connectivity index (χ1) is 31.0. The van der Waals surface area contributed by atoms with Crippen molar-refractivity contribution in [1.29, 1.82) is 0 Å². The van der Waals surface area contributed by atoms with Crippen LogP contribution in [0.1, 0.15) is 174 Å². The van der Waals surface area contributed by atoms with Gasteiger partial charge in [-0.1, -0.05) is 133 Å². The zero-order valence-corrected chi connectivity index (χ0v) is 42.8. The summed E-state index contributed by atoms with van der Waals surface area (Å²) in [6.45, 7) is 6.62. The molecule has 1 fully saturated rings. The number of anilines is 1. The van der Waals surface area contributed by atoms with Crippen LogP contribution >= 0.6 is 7.82 Å². The Kier molecular flexibility index (Phi) is 35.6. The number of phosphoric ester groups is 1. The molecule has 2 heterocycles. The van der Waals surface area contributed by atoms with Crippen molar-refractivity contribution in [3.63, 3.8) is 0 Å². The number of carbonyl (C=O) groups excluding carboxylic acids is 2. The van der Waals surface area contributed by atoms with Crippen molar-refractivity contribution < 1.29 is 47.4 Å². The summed E-state index contributed by atoms with van der Waals surface area (Å²) >= 11 is 0. The second-order valence-electron chi connectivity index (χ2n) is 16.4. The van der Waals surface area contributed by atoms with Gasteiger partial charge in [0.15, 0.2) is 12.3 Å². The molecule has 0 bridgehead atoms. The van der Waals surface area contributed by atoms with E-state index in [9.17, 15) is 28.9 Å². The maximum atomic E-state index is 12.9. The molecule has 1 aliphatic rings. The quantitative estimate of drug-likeness (QED) is 0.0186. The molecule has 0 saturated carbocycles. The van der Waals surface area contributed by atoms with Crippen LogP contribution in [-0.2, 0) is 37.4 Å². The van der Waals surface area contributed by atoms with Gasteiger partial charge in [0.25, 0.3) is 0 Å². The van der Waals surface area contributed by atoms with E-state index in [4.69, 9.17) is 29.0 Å². The number of hydrogen-bond acceptors (Lipinski definition) is 12. The molecule has 1 unspecified atom stereocenters. The second-order valence-corrected chi connectivity index (χ2v) is 17.9. The summed E-state index contributed by atoms with van der Waals surface area (Å²) in [6.07, 6.45) is 37.7. The van der Waals surface area contributed by atoms with Crippen LogP contribution in [0.2, 0.25) is 0 Å². The minimum absolute atomic E-state index is 0. The van der Waals surface area contributed by atoms with E-state index in [0.29, 0.717) is 12.8 Å². The minimum Gasteiger partial charge on any atom is -0.462 e. The van der Waals surface area contributed by atoms with Gasteiger partial charge in [-0.3, -0.25) is 23.2 Å². The van der Waals surface area contributed by atoms with Gasteiger partial charge in [0.1, 0.15) is 24.6 Å². The van der Waals surface area contributed by atoms with Gasteiger partial charge in [-0.05, 0) is 83.1 Å². The number of carbonyl (C=O) groups is 2. The number of unbranched alkanes of at least 4 members (excludes halogenated alkanes) is 16. The van der Waals surface area contributed by atoms with Gasteiger partial charge in [0.05, 0.1) is 13.2 Å². The molecular formula is C49H80N3NaO11P. The Labute approximate surface area is 411 Å². The molecule has 0 spiro atoms. The molecule has 1 aromatic heterocycles. The Morgan fingerprint density at radius 1 is 0.785 bits per heavy atom. The monoisotopic (exact) mass is 941 g/mol. The van der Waals surface area contributed by atoms with Crippen LogP contribution in [0, 0.1) is 0 Å². The van der Waals surface area contributed by atoms with E-state index in [1.165, 1.54) is 50.8 Å². The molecule has 4 N–H and O–H groups in total. The van der Waals surface area contributed by atoms with Crippen molar-refractivity contribution >= 4 is 55.1 Å². The number of aliphatic hydroxyl groups is 1. The third-order valence-electron chi connectivity index (χ3n) is 10.7. The number of rotatable bonds is 38.